The molecule has 0 aliphatic carbocycles. The Labute approximate surface area is 296 Å². The molecule has 252 valence electrons. The molecule has 0 radical (unpaired) electrons. The minimum atomic E-state index is -0.233. The third-order valence-corrected chi connectivity index (χ3v) is 10.0. The first-order chi connectivity index (χ1) is 24.6. The van der Waals surface area contributed by atoms with E-state index in [4.69, 9.17) is 23.8 Å². The minimum absolute atomic E-state index is 0.233. The van der Waals surface area contributed by atoms with E-state index in [2.05, 4.69) is 150 Å². The van der Waals surface area contributed by atoms with Gasteiger partial charge in [0.05, 0.1) is 27.7 Å². The van der Waals surface area contributed by atoms with Gasteiger partial charge in [-0.15, -0.1) is 0 Å². The van der Waals surface area contributed by atoms with Crippen molar-refractivity contribution in [3.8, 4) is 28.2 Å². The van der Waals surface area contributed by atoms with Crippen LogP contribution < -0.4 is 0 Å². The van der Waals surface area contributed by atoms with E-state index in [1.165, 1.54) is 33.3 Å². The standard InChI is InChI=1S/C45H40N4O2/c1-25(2)33-22-29(27-14-9-8-10-15-27)23-34(26(3)4)38(33)49-39-30-17-12-11-16-28(30)20-21-36(39)46-42(49)32-19-13-18-31-35-24-37-41(47-43(35)51-40(31)32)48-44(50-37)45(5,6)7/h8-26H,1-7H3. The van der Waals surface area contributed by atoms with Crippen LogP contribution in [0, 0.1) is 0 Å². The van der Waals surface area contributed by atoms with Gasteiger partial charge in [0, 0.05) is 16.2 Å². The zero-order valence-corrected chi connectivity index (χ0v) is 30.1. The maximum atomic E-state index is 6.70. The van der Waals surface area contributed by atoms with Crippen LogP contribution in [0.4, 0.5) is 0 Å². The molecule has 0 aliphatic rings. The van der Waals surface area contributed by atoms with Crippen molar-refractivity contribution < 1.29 is 8.83 Å². The highest BCUT2D eigenvalue weighted by Gasteiger charge is 2.27. The van der Waals surface area contributed by atoms with E-state index in [1.807, 2.05) is 6.07 Å². The summed E-state index contributed by atoms with van der Waals surface area (Å²) in [6.07, 6.45) is 0. The lowest BCUT2D eigenvalue weighted by Crippen LogP contribution is -2.11. The van der Waals surface area contributed by atoms with Crippen LogP contribution in [0.25, 0.3) is 83.3 Å². The molecule has 0 unspecified atom stereocenters. The first kappa shape index (κ1) is 31.2. The van der Waals surface area contributed by atoms with Gasteiger partial charge in [-0.25, -0.2) is 4.98 Å². The van der Waals surface area contributed by atoms with Gasteiger partial charge in [-0.1, -0.05) is 121 Å². The van der Waals surface area contributed by atoms with E-state index < -0.39 is 0 Å². The van der Waals surface area contributed by atoms with E-state index in [-0.39, 0.29) is 17.3 Å². The first-order valence-electron chi connectivity index (χ1n) is 17.8. The third-order valence-electron chi connectivity index (χ3n) is 10.0. The van der Waals surface area contributed by atoms with Crippen molar-refractivity contribution in [3.63, 3.8) is 0 Å². The molecule has 0 N–H and O–H groups in total. The van der Waals surface area contributed by atoms with Crippen molar-refractivity contribution in [1.82, 2.24) is 19.5 Å². The van der Waals surface area contributed by atoms with Crippen molar-refractivity contribution >= 4 is 55.1 Å². The molecule has 0 fully saturated rings. The van der Waals surface area contributed by atoms with E-state index >= 15 is 0 Å². The predicted molar refractivity (Wildman–Crippen MR) is 209 cm³/mol. The highest BCUT2D eigenvalue weighted by atomic mass is 16.4. The molecule has 4 aromatic heterocycles. The summed E-state index contributed by atoms with van der Waals surface area (Å²) < 4.78 is 15.3. The number of oxazole rings is 1. The van der Waals surface area contributed by atoms with Crippen LogP contribution in [0.3, 0.4) is 0 Å². The average Bonchev–Trinajstić information content (AvgIpc) is 3.83. The Morgan fingerprint density at radius 1 is 0.627 bits per heavy atom. The summed E-state index contributed by atoms with van der Waals surface area (Å²) in [4.78, 5) is 15.0. The number of para-hydroxylation sites is 1. The van der Waals surface area contributed by atoms with Crippen molar-refractivity contribution in [2.45, 2.75) is 65.7 Å². The number of imidazole rings is 1. The van der Waals surface area contributed by atoms with E-state index in [1.54, 1.807) is 0 Å². The second-order valence-electron chi connectivity index (χ2n) is 15.3. The fourth-order valence-electron chi connectivity index (χ4n) is 7.42. The molecule has 51 heavy (non-hydrogen) atoms. The Hall–Kier alpha value is -5.75. The van der Waals surface area contributed by atoms with Crippen LogP contribution in [0.5, 0.6) is 0 Å². The summed E-state index contributed by atoms with van der Waals surface area (Å²) in [7, 11) is 0. The van der Waals surface area contributed by atoms with Gasteiger partial charge in [-0.3, -0.25) is 4.57 Å². The smallest absolute Gasteiger partial charge is 0.229 e. The van der Waals surface area contributed by atoms with Gasteiger partial charge in [-0.2, -0.15) is 9.97 Å². The lowest BCUT2D eigenvalue weighted by molar-refractivity contribution is 0.411. The summed E-state index contributed by atoms with van der Waals surface area (Å²) in [5, 5.41) is 4.18. The second kappa shape index (κ2) is 11.4. The molecule has 5 aromatic carbocycles. The average molecular weight is 669 g/mol. The summed E-state index contributed by atoms with van der Waals surface area (Å²) in [5.74, 6) is 1.98. The maximum Gasteiger partial charge on any atom is 0.229 e. The summed E-state index contributed by atoms with van der Waals surface area (Å²) in [6, 6.07) is 36.7. The highest BCUT2D eigenvalue weighted by Crippen LogP contribution is 2.44. The van der Waals surface area contributed by atoms with Gasteiger partial charge < -0.3 is 8.83 Å². The maximum absolute atomic E-state index is 6.70. The molecule has 4 heterocycles. The van der Waals surface area contributed by atoms with E-state index in [0.717, 1.165) is 44.2 Å². The Bertz CT molecular complexity index is 2760. The molecule has 6 heteroatoms. The number of hydrogen-bond donors (Lipinski definition) is 0. The topological polar surface area (TPSA) is 69.9 Å². The summed E-state index contributed by atoms with van der Waals surface area (Å²) >= 11 is 0. The molecular weight excluding hydrogens is 629 g/mol. The lowest BCUT2D eigenvalue weighted by Gasteiger charge is -2.24. The molecule has 0 saturated heterocycles. The quantitative estimate of drug-likeness (QED) is 0.182. The molecule has 9 aromatic rings. The Morgan fingerprint density at radius 2 is 1.33 bits per heavy atom. The predicted octanol–water partition coefficient (Wildman–Crippen LogP) is 12.5. The molecule has 9 rings (SSSR count). The number of pyridine rings is 1. The number of fused-ring (bicyclic) bond motifs is 7. The van der Waals surface area contributed by atoms with Crippen molar-refractivity contribution in [2.24, 2.45) is 0 Å². The van der Waals surface area contributed by atoms with Crippen LogP contribution in [-0.4, -0.2) is 19.5 Å². The zero-order valence-electron chi connectivity index (χ0n) is 30.1. The normalized spacial score (nSPS) is 12.6. The van der Waals surface area contributed by atoms with Crippen molar-refractivity contribution in [1.29, 1.82) is 0 Å². The Morgan fingerprint density at radius 3 is 2.06 bits per heavy atom. The van der Waals surface area contributed by atoms with Gasteiger partial charge in [0.1, 0.15) is 11.4 Å². The lowest BCUT2D eigenvalue weighted by atomic mass is 9.88. The summed E-state index contributed by atoms with van der Waals surface area (Å²) in [6.45, 7) is 15.4. The molecule has 0 amide bonds. The fourth-order valence-corrected chi connectivity index (χ4v) is 7.42. The van der Waals surface area contributed by atoms with Crippen LogP contribution in [0.2, 0.25) is 0 Å². The molecule has 0 bridgehead atoms. The van der Waals surface area contributed by atoms with Crippen molar-refractivity contribution in [2.75, 3.05) is 0 Å². The van der Waals surface area contributed by atoms with Crippen molar-refractivity contribution in [3.05, 3.63) is 120 Å². The number of furan rings is 1. The van der Waals surface area contributed by atoms with Gasteiger partial charge in [0.15, 0.2) is 5.58 Å². The first-order valence-corrected chi connectivity index (χ1v) is 17.8. The largest absolute Gasteiger partial charge is 0.438 e. The number of hydrogen-bond acceptors (Lipinski definition) is 5. The molecular formula is C45H40N4O2. The zero-order chi connectivity index (χ0) is 35.2. The SMILES string of the molecule is CC(C)c1cc(-c2ccccc2)cc(C(C)C)c1-n1c(-c2cccc3c2oc2nc4nc(C(C)(C)C)oc4cc23)nc2ccc3ccccc3c21. The minimum Gasteiger partial charge on any atom is -0.438 e. The fraction of sp³-hybridized carbons (Fsp3) is 0.222. The molecule has 0 spiro atoms. The van der Waals surface area contributed by atoms with Gasteiger partial charge >= 0.3 is 0 Å². The number of benzene rings is 5. The van der Waals surface area contributed by atoms with Gasteiger partial charge in [0.25, 0.3) is 0 Å². The second-order valence-corrected chi connectivity index (χ2v) is 15.3. The number of nitrogens with zero attached hydrogens (tertiary/aromatic N) is 4. The Kier molecular flexibility index (Phi) is 6.98. The summed E-state index contributed by atoms with van der Waals surface area (Å²) in [5.41, 5.74) is 11.3. The van der Waals surface area contributed by atoms with Crippen LogP contribution in [0.15, 0.2) is 112 Å². The van der Waals surface area contributed by atoms with E-state index in [9.17, 15) is 0 Å². The highest BCUT2D eigenvalue weighted by molar-refractivity contribution is 6.12. The third kappa shape index (κ3) is 4.96. The van der Waals surface area contributed by atoms with Crippen LogP contribution in [-0.2, 0) is 5.41 Å². The van der Waals surface area contributed by atoms with Gasteiger partial charge in [-0.05, 0) is 69.8 Å². The van der Waals surface area contributed by atoms with Gasteiger partial charge in [0.2, 0.25) is 17.3 Å². The number of rotatable bonds is 5. The van der Waals surface area contributed by atoms with Crippen LogP contribution >= 0.6 is 0 Å². The number of aromatic nitrogens is 4. The molecule has 0 saturated carbocycles. The molecule has 0 aliphatic heterocycles. The van der Waals surface area contributed by atoms with Crippen LogP contribution in [0.1, 0.15) is 77.3 Å². The van der Waals surface area contributed by atoms with E-state index in [0.29, 0.717) is 22.8 Å². The molecule has 6 nitrogen and oxygen atoms in total. The monoisotopic (exact) mass is 668 g/mol. The Balaban J connectivity index is 1.39. The molecule has 0 atom stereocenters.